The van der Waals surface area contributed by atoms with Gasteiger partial charge in [0.1, 0.15) is 0 Å². The summed E-state index contributed by atoms with van der Waals surface area (Å²) in [4.78, 5) is 0. The van der Waals surface area contributed by atoms with E-state index in [9.17, 15) is 0 Å². The molecule has 0 bridgehead atoms. The zero-order valence-electron chi connectivity index (χ0n) is 2.20. The predicted molar refractivity (Wildman–Crippen MR) is 9.94 cm³/mol. The zero-order chi connectivity index (χ0) is 4.00. The molecule has 29 valence electrons. The van der Waals surface area contributed by atoms with Gasteiger partial charge in [0.05, 0.1) is 0 Å². The van der Waals surface area contributed by atoms with Gasteiger partial charge < -0.3 is 23.7 Å². The largest absolute Gasteiger partial charge is 2.00 e. The Morgan fingerprint density at radius 3 is 0.800 bits per heavy atom. The fourth-order valence-electron chi connectivity index (χ4n) is 0. The fourth-order valence-corrected chi connectivity index (χ4v) is 0. The van der Waals surface area contributed by atoms with E-state index in [4.69, 9.17) is 23.7 Å². The van der Waals surface area contributed by atoms with Crippen molar-refractivity contribution >= 4 is 0 Å². The first-order chi connectivity index (χ1) is 2.00. The second-order valence-electron chi connectivity index (χ2n) is 0. The van der Waals surface area contributed by atoms with Gasteiger partial charge in [0.15, 0.2) is 0 Å². The van der Waals surface area contributed by atoms with E-state index < -0.39 is 0 Å². The van der Waals surface area contributed by atoms with Crippen LogP contribution in [0.5, 0.6) is 0 Å². The quantitative estimate of drug-likeness (QED) is 0.454. The van der Waals surface area contributed by atoms with Gasteiger partial charge >= 0.3 is 22.4 Å². The van der Waals surface area contributed by atoms with E-state index in [-0.39, 0.29) is 22.4 Å². The van der Waals surface area contributed by atoms with E-state index in [1.54, 1.807) is 0 Å². The van der Waals surface area contributed by atoms with Gasteiger partial charge in [-0.3, -0.25) is 0 Å². The van der Waals surface area contributed by atoms with Crippen molar-refractivity contribution in [1.29, 1.82) is 10.5 Å². The summed E-state index contributed by atoms with van der Waals surface area (Å²) in [6.45, 7) is 9.50. The van der Waals surface area contributed by atoms with Gasteiger partial charge in [-0.05, 0) is 0 Å². The Morgan fingerprint density at radius 1 is 0.800 bits per heavy atom. The summed E-state index contributed by atoms with van der Waals surface area (Å²) >= 11 is 0. The van der Waals surface area contributed by atoms with Crippen LogP contribution in [0.3, 0.4) is 0 Å². The van der Waals surface area contributed by atoms with Crippen molar-refractivity contribution in [1.82, 2.24) is 0 Å². The van der Waals surface area contributed by atoms with Crippen LogP contribution in [0, 0.1) is 23.7 Å². The first-order valence-electron chi connectivity index (χ1n) is 0.447. The van der Waals surface area contributed by atoms with Crippen molar-refractivity contribution in [3.05, 3.63) is 13.1 Å². The van der Waals surface area contributed by atoms with Crippen LogP contribution in [0.1, 0.15) is 0 Å². The summed E-state index contributed by atoms with van der Waals surface area (Å²) in [6.07, 6.45) is 0. The van der Waals surface area contributed by atoms with Crippen molar-refractivity contribution < 1.29 is 22.4 Å². The minimum atomic E-state index is 0. The Balaban J connectivity index is -0.0000000133. The molecule has 0 atom stereocenters. The van der Waals surface area contributed by atoms with Crippen LogP contribution in [0.25, 0.3) is 0 Å². The molecule has 0 amide bonds. The third-order valence-corrected chi connectivity index (χ3v) is 0. The number of hydrogen-bond acceptors (Lipinski definition) is 2. The molecule has 0 aliphatic rings. The summed E-state index contributed by atoms with van der Waals surface area (Å²) in [6, 6.07) is 0. The van der Waals surface area contributed by atoms with Gasteiger partial charge in [-0.15, -0.1) is 0 Å². The van der Waals surface area contributed by atoms with Crippen LogP contribution in [-0.2, 0) is 22.4 Å². The molecule has 0 saturated heterocycles. The average molecular weight is 249 g/mol. The number of nitrogens with zero attached hydrogens (tertiary/aromatic N) is 2. The summed E-state index contributed by atoms with van der Waals surface area (Å²) in [5.41, 5.74) is 0. The van der Waals surface area contributed by atoms with E-state index in [2.05, 4.69) is 0 Å². The van der Waals surface area contributed by atoms with Crippen LogP contribution in [0.15, 0.2) is 0 Å². The maximum atomic E-state index is 6.25. The predicted octanol–water partition coefficient (Wildman–Crippen LogP) is 0.190. The average Bonchev–Trinajstić information content (AvgIpc) is 1.50. The van der Waals surface area contributed by atoms with Gasteiger partial charge in [0.25, 0.3) is 0 Å². The Bertz CT molecular complexity index is 23.1. The smallest absolute Gasteiger partial charge is 0.512 e. The van der Waals surface area contributed by atoms with Gasteiger partial charge in [-0.1, -0.05) is 0 Å². The minimum absolute atomic E-state index is 0. The van der Waals surface area contributed by atoms with Crippen LogP contribution in [0.2, 0.25) is 0 Å². The number of hydrogen-bond donors (Lipinski definition) is 0. The van der Waals surface area contributed by atoms with Gasteiger partial charge in [0, 0.05) is 0 Å². The molecule has 3 heteroatoms. The molecule has 0 spiro atoms. The maximum absolute atomic E-state index is 6.25. The van der Waals surface area contributed by atoms with Crippen molar-refractivity contribution in [3.8, 4) is 0 Å². The molecule has 5 heavy (non-hydrogen) atoms. The van der Waals surface area contributed by atoms with E-state index in [0.717, 1.165) is 0 Å². The molecule has 0 aliphatic heterocycles. The Hall–Kier alpha value is -0.280. The van der Waals surface area contributed by atoms with Crippen molar-refractivity contribution in [3.63, 3.8) is 0 Å². The monoisotopic (exact) mass is 249 g/mol. The minimum Gasteiger partial charge on any atom is -0.512 e. The van der Waals surface area contributed by atoms with E-state index in [1.807, 2.05) is 0 Å². The molecular formula is C2AuN2. The Labute approximate surface area is 46.5 Å². The van der Waals surface area contributed by atoms with Gasteiger partial charge in [-0.25, -0.2) is 0 Å². The summed E-state index contributed by atoms with van der Waals surface area (Å²) in [5.74, 6) is 0. The topological polar surface area (TPSA) is 47.6 Å². The van der Waals surface area contributed by atoms with Crippen LogP contribution in [0.4, 0.5) is 0 Å². The molecule has 0 aromatic carbocycles. The van der Waals surface area contributed by atoms with E-state index >= 15 is 0 Å². The molecule has 0 heterocycles. The molecule has 0 aromatic rings. The molecule has 1 radical (unpaired) electrons. The zero-order valence-corrected chi connectivity index (χ0v) is 4.36. The van der Waals surface area contributed by atoms with E-state index in [0.29, 0.717) is 0 Å². The van der Waals surface area contributed by atoms with Crippen molar-refractivity contribution in [2.45, 2.75) is 0 Å². The molecule has 0 rings (SSSR count). The van der Waals surface area contributed by atoms with E-state index in [1.165, 1.54) is 0 Å². The summed E-state index contributed by atoms with van der Waals surface area (Å²) in [5, 5.41) is 12.5. The standard InChI is InChI=1S/2CN.Au/c2*1-2;/q2*-1;+2. The third kappa shape index (κ3) is 141. The third-order valence-electron chi connectivity index (χ3n) is 0. The molecule has 0 fully saturated rings. The van der Waals surface area contributed by atoms with Crippen LogP contribution < -0.4 is 0 Å². The second-order valence-corrected chi connectivity index (χ2v) is 0. The van der Waals surface area contributed by atoms with Gasteiger partial charge in [0.2, 0.25) is 0 Å². The maximum Gasteiger partial charge on any atom is 2.00 e. The molecule has 2 nitrogen and oxygen atoms in total. The van der Waals surface area contributed by atoms with Crippen molar-refractivity contribution in [2.75, 3.05) is 0 Å². The molecule has 0 N–H and O–H groups in total. The summed E-state index contributed by atoms with van der Waals surface area (Å²) < 4.78 is 0. The molecular weight excluding hydrogens is 249 g/mol. The molecule has 0 saturated carbocycles. The van der Waals surface area contributed by atoms with Crippen molar-refractivity contribution in [2.24, 2.45) is 0 Å². The first kappa shape index (κ1) is 22.1. The fraction of sp³-hybridized carbons (Fsp3) is 0. The Morgan fingerprint density at radius 2 is 0.800 bits per heavy atom. The SMILES string of the molecule is [Au+2].[C-]#N.[C-]#N. The van der Waals surface area contributed by atoms with Gasteiger partial charge in [-0.2, -0.15) is 0 Å². The Kier molecular flexibility index (Phi) is 1550. The molecule has 0 aliphatic carbocycles. The first-order valence-corrected chi connectivity index (χ1v) is 0.447. The number of rotatable bonds is 0. The normalized spacial score (nSPS) is 0.800. The second kappa shape index (κ2) is 352. The molecule has 0 aromatic heterocycles. The van der Waals surface area contributed by atoms with Crippen LogP contribution in [-0.4, -0.2) is 0 Å². The molecule has 0 unspecified atom stereocenters. The van der Waals surface area contributed by atoms with Crippen LogP contribution >= 0.6 is 0 Å². The summed E-state index contributed by atoms with van der Waals surface area (Å²) in [7, 11) is 0.